The van der Waals surface area contributed by atoms with Crippen molar-refractivity contribution in [1.82, 2.24) is 0 Å². The van der Waals surface area contributed by atoms with E-state index in [0.717, 1.165) is 32.1 Å². The topological polar surface area (TPSA) is 43.4 Å². The summed E-state index contributed by atoms with van der Waals surface area (Å²) in [6.07, 6.45) is 39.4. The van der Waals surface area contributed by atoms with Gasteiger partial charge in [0.25, 0.3) is 10.1 Å². The zero-order chi connectivity index (χ0) is 27.8. The van der Waals surface area contributed by atoms with E-state index in [0.29, 0.717) is 6.61 Å². The Morgan fingerprint density at radius 2 is 0.579 bits per heavy atom. The highest BCUT2D eigenvalue weighted by atomic mass is 32.2. The van der Waals surface area contributed by atoms with E-state index in [1.165, 1.54) is 161 Å². The molecule has 0 spiro atoms. The highest BCUT2D eigenvalue weighted by Gasteiger charge is 2.10. The van der Waals surface area contributed by atoms with Gasteiger partial charge in [-0.25, -0.2) is 0 Å². The summed E-state index contributed by atoms with van der Waals surface area (Å²) in [7, 11) is -3.31. The van der Waals surface area contributed by atoms with E-state index in [1.54, 1.807) is 0 Å². The van der Waals surface area contributed by atoms with Crippen LogP contribution < -0.4 is 0 Å². The molecule has 3 nitrogen and oxygen atoms in total. The van der Waals surface area contributed by atoms with Crippen molar-refractivity contribution in [2.45, 2.75) is 206 Å². The van der Waals surface area contributed by atoms with Crippen LogP contribution in [0.15, 0.2) is 0 Å². The van der Waals surface area contributed by atoms with Gasteiger partial charge in [-0.2, -0.15) is 8.42 Å². The van der Waals surface area contributed by atoms with Gasteiger partial charge in [0.15, 0.2) is 0 Å². The third-order valence-corrected chi connectivity index (χ3v) is 9.32. The Labute approximate surface area is 241 Å². The van der Waals surface area contributed by atoms with E-state index in [4.69, 9.17) is 4.18 Å². The molecule has 0 radical (unpaired) electrons. The fraction of sp³-hybridized carbons (Fsp3) is 1.00. The van der Waals surface area contributed by atoms with Crippen LogP contribution in [0.2, 0.25) is 0 Å². The van der Waals surface area contributed by atoms with E-state index in [2.05, 4.69) is 13.8 Å². The number of hydrogen-bond acceptors (Lipinski definition) is 3. The second-order valence-electron chi connectivity index (χ2n) is 12.0. The van der Waals surface area contributed by atoms with Gasteiger partial charge in [0.05, 0.1) is 12.4 Å². The molecule has 0 aliphatic heterocycles. The molecule has 0 amide bonds. The van der Waals surface area contributed by atoms with E-state index in [1.807, 2.05) is 0 Å². The van der Waals surface area contributed by atoms with Crippen molar-refractivity contribution in [3.8, 4) is 0 Å². The van der Waals surface area contributed by atoms with E-state index in [-0.39, 0.29) is 5.75 Å². The second kappa shape index (κ2) is 31.4. The molecule has 0 unspecified atom stereocenters. The number of unbranched alkanes of at least 4 members (excludes halogenated alkanes) is 28. The lowest BCUT2D eigenvalue weighted by Gasteiger charge is -2.06. The van der Waals surface area contributed by atoms with Crippen LogP contribution in [0.4, 0.5) is 0 Å². The maximum absolute atomic E-state index is 12.0. The van der Waals surface area contributed by atoms with Crippen molar-refractivity contribution in [2.24, 2.45) is 0 Å². The standard InChI is InChI=1S/C34H70O3S/c1-3-5-7-9-11-13-14-15-16-17-18-19-20-21-22-23-24-25-27-29-31-33-37-38(35,36)34-32-30-28-26-12-10-8-6-4-2/h3-34H2,1-2H3. The molecule has 0 aliphatic rings. The van der Waals surface area contributed by atoms with Crippen molar-refractivity contribution in [3.63, 3.8) is 0 Å². The van der Waals surface area contributed by atoms with Crippen molar-refractivity contribution in [1.29, 1.82) is 0 Å². The zero-order valence-electron chi connectivity index (χ0n) is 26.3. The van der Waals surface area contributed by atoms with Crippen molar-refractivity contribution in [3.05, 3.63) is 0 Å². The molecule has 38 heavy (non-hydrogen) atoms. The quantitative estimate of drug-likeness (QED) is 0.0594. The first kappa shape index (κ1) is 37.9. The van der Waals surface area contributed by atoms with Crippen LogP contribution in [0.1, 0.15) is 206 Å². The molecule has 0 atom stereocenters. The molecular weight excluding hydrogens is 488 g/mol. The van der Waals surface area contributed by atoms with E-state index in [9.17, 15) is 8.42 Å². The first-order valence-electron chi connectivity index (χ1n) is 17.5. The maximum Gasteiger partial charge on any atom is 0.267 e. The van der Waals surface area contributed by atoms with Gasteiger partial charge in [-0.1, -0.05) is 194 Å². The molecule has 0 bridgehead atoms. The SMILES string of the molecule is CCCCCCCCCCCCCCCCCCCCCCCOS(=O)(=O)CCCCCCCCCCC. The predicted molar refractivity (Wildman–Crippen MR) is 170 cm³/mol. The lowest BCUT2D eigenvalue weighted by molar-refractivity contribution is 0.305. The highest BCUT2D eigenvalue weighted by molar-refractivity contribution is 7.86. The summed E-state index contributed by atoms with van der Waals surface area (Å²) in [4.78, 5) is 0. The lowest BCUT2D eigenvalue weighted by atomic mass is 10.0. The third kappa shape index (κ3) is 32.1. The van der Waals surface area contributed by atoms with Crippen molar-refractivity contribution < 1.29 is 12.6 Å². The minimum atomic E-state index is -3.31. The summed E-state index contributed by atoms with van der Waals surface area (Å²) in [5.74, 6) is 0.197. The molecule has 0 saturated heterocycles. The molecule has 0 aromatic heterocycles. The molecule has 0 heterocycles. The summed E-state index contributed by atoms with van der Waals surface area (Å²) in [6, 6.07) is 0. The highest BCUT2D eigenvalue weighted by Crippen LogP contribution is 2.15. The van der Waals surface area contributed by atoms with Crippen LogP contribution in [0.3, 0.4) is 0 Å². The molecule has 0 rings (SSSR count). The minimum absolute atomic E-state index is 0.197. The lowest BCUT2D eigenvalue weighted by Crippen LogP contribution is -2.11. The van der Waals surface area contributed by atoms with Crippen LogP contribution in [-0.4, -0.2) is 20.8 Å². The summed E-state index contributed by atoms with van der Waals surface area (Å²) in [5.41, 5.74) is 0. The van der Waals surface area contributed by atoms with E-state index < -0.39 is 10.1 Å². The zero-order valence-corrected chi connectivity index (χ0v) is 27.1. The predicted octanol–water partition coefficient (Wildman–Crippen LogP) is 12.1. The first-order valence-corrected chi connectivity index (χ1v) is 19.1. The van der Waals surface area contributed by atoms with Crippen molar-refractivity contribution >= 4 is 10.1 Å². The van der Waals surface area contributed by atoms with Crippen LogP contribution in [-0.2, 0) is 14.3 Å². The molecule has 230 valence electrons. The van der Waals surface area contributed by atoms with Gasteiger partial charge < -0.3 is 0 Å². The fourth-order valence-electron chi connectivity index (χ4n) is 5.37. The summed E-state index contributed by atoms with van der Waals surface area (Å²) < 4.78 is 29.3. The summed E-state index contributed by atoms with van der Waals surface area (Å²) in [5, 5.41) is 0. The Morgan fingerprint density at radius 3 is 0.868 bits per heavy atom. The molecule has 0 aliphatic carbocycles. The number of hydrogen-bond donors (Lipinski definition) is 0. The van der Waals surface area contributed by atoms with Gasteiger partial charge in [-0.15, -0.1) is 0 Å². The Bertz CT molecular complexity index is 532. The maximum atomic E-state index is 12.0. The Hall–Kier alpha value is -0.0900. The number of rotatable bonds is 33. The molecule has 0 aromatic carbocycles. The first-order chi connectivity index (χ1) is 18.6. The average Bonchev–Trinajstić information content (AvgIpc) is 2.90. The third-order valence-electron chi connectivity index (χ3n) is 8.01. The molecular formula is C34H70O3S. The van der Waals surface area contributed by atoms with Gasteiger partial charge in [0.2, 0.25) is 0 Å². The largest absolute Gasteiger partial charge is 0.270 e. The fourth-order valence-corrected chi connectivity index (χ4v) is 6.42. The average molecular weight is 559 g/mol. The van der Waals surface area contributed by atoms with Gasteiger partial charge in [0.1, 0.15) is 0 Å². The van der Waals surface area contributed by atoms with Gasteiger partial charge in [-0.3, -0.25) is 4.18 Å². The molecule has 0 saturated carbocycles. The Balaban J connectivity index is 3.23. The Morgan fingerprint density at radius 1 is 0.342 bits per heavy atom. The normalized spacial score (nSPS) is 11.9. The molecule has 0 aromatic rings. The van der Waals surface area contributed by atoms with Crippen LogP contribution in [0, 0.1) is 0 Å². The summed E-state index contributed by atoms with van der Waals surface area (Å²) in [6.45, 7) is 4.91. The van der Waals surface area contributed by atoms with Crippen LogP contribution in [0.25, 0.3) is 0 Å². The molecule has 0 fully saturated rings. The monoisotopic (exact) mass is 559 g/mol. The second-order valence-corrected chi connectivity index (χ2v) is 13.7. The van der Waals surface area contributed by atoms with Gasteiger partial charge >= 0.3 is 0 Å². The smallest absolute Gasteiger partial charge is 0.267 e. The summed E-state index contributed by atoms with van der Waals surface area (Å²) >= 11 is 0. The van der Waals surface area contributed by atoms with Gasteiger partial charge in [-0.05, 0) is 12.8 Å². The molecule has 4 heteroatoms. The Kier molecular flexibility index (Phi) is 31.4. The van der Waals surface area contributed by atoms with Crippen molar-refractivity contribution in [2.75, 3.05) is 12.4 Å². The van der Waals surface area contributed by atoms with E-state index >= 15 is 0 Å². The minimum Gasteiger partial charge on any atom is -0.270 e. The van der Waals surface area contributed by atoms with Crippen LogP contribution >= 0.6 is 0 Å². The van der Waals surface area contributed by atoms with Crippen LogP contribution in [0.5, 0.6) is 0 Å². The molecule has 0 N–H and O–H groups in total. The van der Waals surface area contributed by atoms with Gasteiger partial charge in [0, 0.05) is 0 Å².